The Kier molecular flexibility index (Phi) is 5.96. The molecule has 39 heavy (non-hydrogen) atoms. The van der Waals surface area contributed by atoms with E-state index in [2.05, 4.69) is 37.6 Å². The molecule has 1 aromatic heterocycles. The number of hydrogen-bond acceptors (Lipinski definition) is 4. The average molecular weight is 522 g/mol. The maximum absolute atomic E-state index is 14.2. The first-order chi connectivity index (χ1) is 18.7. The standard InChI is InChI=1S/C33H35N3O3/c1-5-22-20-36(29-13-11-24(37)18-27(22)29)17-16-33-15-14-32(3,39-33)30(21(33)2)31(38)35(4)28-12-10-23(19-34)25-8-6-7-9-26(25)28/h6-13,18,20-21,30,37H,5,14-17H2,1-4H3/t21-,30-,32-,33-/m1/s1. The highest BCUT2D eigenvalue weighted by Gasteiger charge is 2.65. The third-order valence-corrected chi connectivity index (χ3v) is 9.55. The number of hydrogen-bond donors (Lipinski definition) is 1. The molecule has 0 aliphatic carbocycles. The number of nitriles is 1. The molecule has 0 saturated carbocycles. The fourth-order valence-corrected chi connectivity index (χ4v) is 7.41. The van der Waals surface area contributed by atoms with Gasteiger partial charge in [0.2, 0.25) is 5.91 Å². The number of phenols is 1. The number of carbonyl (C=O) groups excluding carboxylic acids is 1. The lowest BCUT2D eigenvalue weighted by atomic mass is 9.66. The molecule has 4 atom stereocenters. The maximum atomic E-state index is 14.2. The molecule has 3 heterocycles. The van der Waals surface area contributed by atoms with E-state index in [0.29, 0.717) is 5.56 Å². The minimum atomic E-state index is -0.508. The van der Waals surface area contributed by atoms with Crippen molar-refractivity contribution in [1.29, 1.82) is 5.26 Å². The highest BCUT2D eigenvalue weighted by atomic mass is 16.5. The molecule has 200 valence electrons. The summed E-state index contributed by atoms with van der Waals surface area (Å²) in [7, 11) is 1.85. The third-order valence-electron chi connectivity index (χ3n) is 9.55. The summed E-state index contributed by atoms with van der Waals surface area (Å²) in [5, 5.41) is 22.5. The second-order valence-electron chi connectivity index (χ2n) is 11.6. The van der Waals surface area contributed by atoms with Crippen LogP contribution >= 0.6 is 0 Å². The number of phenolic OH excluding ortho intramolecular Hbond substituents is 1. The number of fused-ring (bicyclic) bond motifs is 4. The summed E-state index contributed by atoms with van der Waals surface area (Å²) in [4.78, 5) is 15.9. The molecule has 0 radical (unpaired) electrons. The largest absolute Gasteiger partial charge is 0.508 e. The lowest BCUT2D eigenvalue weighted by Crippen LogP contribution is -2.48. The minimum Gasteiger partial charge on any atom is -0.508 e. The second-order valence-corrected chi connectivity index (χ2v) is 11.6. The summed E-state index contributed by atoms with van der Waals surface area (Å²) in [6.07, 6.45) is 5.72. The maximum Gasteiger partial charge on any atom is 0.233 e. The summed E-state index contributed by atoms with van der Waals surface area (Å²) < 4.78 is 9.12. The van der Waals surface area contributed by atoms with E-state index in [9.17, 15) is 15.2 Å². The van der Waals surface area contributed by atoms with Crippen LogP contribution in [0.3, 0.4) is 0 Å². The zero-order chi connectivity index (χ0) is 27.5. The average Bonchev–Trinajstić information content (AvgIpc) is 3.55. The zero-order valence-corrected chi connectivity index (χ0v) is 23.1. The fraction of sp³-hybridized carbons (Fsp3) is 0.394. The number of amides is 1. The number of anilines is 1. The SMILES string of the molecule is CCc1cn(CC[C@@]23CC[C@@](C)(O2)[C@@H](C(=O)N(C)c2ccc(C#N)c4ccccc24)[C@H]3C)c2ccc(O)cc12. The molecule has 0 unspecified atom stereocenters. The van der Waals surface area contributed by atoms with Crippen molar-refractivity contribution in [1.82, 2.24) is 4.57 Å². The van der Waals surface area contributed by atoms with E-state index in [1.165, 1.54) is 5.56 Å². The van der Waals surface area contributed by atoms with Crippen molar-refractivity contribution >= 4 is 33.3 Å². The van der Waals surface area contributed by atoms with Crippen molar-refractivity contribution in [3.05, 3.63) is 71.9 Å². The van der Waals surface area contributed by atoms with Gasteiger partial charge in [-0.3, -0.25) is 4.79 Å². The van der Waals surface area contributed by atoms with E-state index in [4.69, 9.17) is 4.74 Å². The molecule has 4 aromatic rings. The number of benzene rings is 3. The zero-order valence-electron chi connectivity index (χ0n) is 23.1. The van der Waals surface area contributed by atoms with Gasteiger partial charge in [0.1, 0.15) is 5.75 Å². The van der Waals surface area contributed by atoms with Crippen molar-refractivity contribution in [2.75, 3.05) is 11.9 Å². The van der Waals surface area contributed by atoms with Gasteiger partial charge in [-0.15, -0.1) is 0 Å². The van der Waals surface area contributed by atoms with E-state index < -0.39 is 5.60 Å². The molecule has 2 aliphatic heterocycles. The van der Waals surface area contributed by atoms with Crippen molar-refractivity contribution < 1.29 is 14.6 Å². The Morgan fingerprint density at radius 1 is 1.15 bits per heavy atom. The van der Waals surface area contributed by atoms with E-state index >= 15 is 0 Å². The highest BCUT2D eigenvalue weighted by Crippen LogP contribution is 2.59. The van der Waals surface area contributed by atoms with Gasteiger partial charge < -0.3 is 19.3 Å². The van der Waals surface area contributed by atoms with Crippen LogP contribution in [0.2, 0.25) is 0 Å². The van der Waals surface area contributed by atoms with Gasteiger partial charge >= 0.3 is 0 Å². The Bertz CT molecular complexity index is 1650. The number of aromatic hydroxyl groups is 1. The molecule has 1 amide bonds. The van der Waals surface area contributed by atoms with Crippen LogP contribution in [0, 0.1) is 23.2 Å². The Labute approximate surface area is 229 Å². The molecule has 6 nitrogen and oxygen atoms in total. The topological polar surface area (TPSA) is 78.5 Å². The molecule has 6 rings (SSSR count). The van der Waals surface area contributed by atoms with Crippen molar-refractivity contribution in [3.8, 4) is 11.8 Å². The summed E-state index contributed by atoms with van der Waals surface area (Å²) >= 11 is 0. The Morgan fingerprint density at radius 2 is 1.92 bits per heavy atom. The van der Waals surface area contributed by atoms with E-state index in [1.54, 1.807) is 17.0 Å². The molecule has 1 N–H and O–H groups in total. The van der Waals surface area contributed by atoms with Gasteiger partial charge in [0.15, 0.2) is 0 Å². The van der Waals surface area contributed by atoms with Gasteiger partial charge in [-0.1, -0.05) is 38.1 Å². The Balaban J connectivity index is 1.28. The number of carbonyl (C=O) groups is 1. The van der Waals surface area contributed by atoms with Crippen LogP contribution in [0.25, 0.3) is 21.7 Å². The molecule has 6 heteroatoms. The van der Waals surface area contributed by atoms with E-state index in [-0.39, 0.29) is 29.1 Å². The predicted octanol–water partition coefficient (Wildman–Crippen LogP) is 6.56. The summed E-state index contributed by atoms with van der Waals surface area (Å²) in [6.45, 7) is 7.21. The van der Waals surface area contributed by atoms with Crippen LogP contribution in [-0.2, 0) is 22.5 Å². The van der Waals surface area contributed by atoms with Gasteiger partial charge in [-0.2, -0.15) is 5.26 Å². The molecule has 2 bridgehead atoms. The van der Waals surface area contributed by atoms with Crippen LogP contribution in [0.1, 0.15) is 51.2 Å². The van der Waals surface area contributed by atoms with E-state index in [0.717, 1.165) is 59.6 Å². The summed E-state index contributed by atoms with van der Waals surface area (Å²) in [6, 6.07) is 19.3. The summed E-state index contributed by atoms with van der Waals surface area (Å²) in [5.74, 6) is 0.160. The smallest absolute Gasteiger partial charge is 0.233 e. The van der Waals surface area contributed by atoms with Crippen LogP contribution < -0.4 is 4.90 Å². The number of ether oxygens (including phenoxy) is 1. The van der Waals surface area contributed by atoms with Crippen molar-refractivity contribution in [3.63, 3.8) is 0 Å². The number of nitrogens with zero attached hydrogens (tertiary/aromatic N) is 3. The second kappa shape index (κ2) is 9.14. The predicted molar refractivity (Wildman–Crippen MR) is 154 cm³/mol. The highest BCUT2D eigenvalue weighted by molar-refractivity contribution is 6.06. The molecule has 2 aliphatic rings. The lowest BCUT2D eigenvalue weighted by molar-refractivity contribution is -0.127. The number of aryl methyl sites for hydroxylation is 2. The first kappa shape index (κ1) is 25.5. The van der Waals surface area contributed by atoms with Gasteiger partial charge in [-0.05, 0) is 74.4 Å². The molecular weight excluding hydrogens is 486 g/mol. The number of rotatable bonds is 6. The molecule has 2 fully saturated rings. The summed E-state index contributed by atoms with van der Waals surface area (Å²) in [5.41, 5.74) is 2.90. The quantitative estimate of drug-likeness (QED) is 0.312. The fourth-order valence-electron chi connectivity index (χ4n) is 7.41. The lowest BCUT2D eigenvalue weighted by Gasteiger charge is -2.37. The Morgan fingerprint density at radius 3 is 2.67 bits per heavy atom. The van der Waals surface area contributed by atoms with Crippen molar-refractivity contribution in [2.45, 2.75) is 64.2 Å². The van der Waals surface area contributed by atoms with Gasteiger partial charge in [0.05, 0.1) is 34.4 Å². The van der Waals surface area contributed by atoms with Crippen molar-refractivity contribution in [2.24, 2.45) is 11.8 Å². The normalized spacial score (nSPS) is 25.8. The first-order valence-corrected chi connectivity index (χ1v) is 13.9. The van der Waals surface area contributed by atoms with Gasteiger partial charge in [-0.25, -0.2) is 0 Å². The monoisotopic (exact) mass is 521 g/mol. The van der Waals surface area contributed by atoms with Gasteiger partial charge in [0.25, 0.3) is 0 Å². The van der Waals surface area contributed by atoms with Crippen LogP contribution in [-0.4, -0.2) is 33.8 Å². The number of aromatic nitrogens is 1. The molecule has 0 spiro atoms. The molecular formula is C33H35N3O3. The van der Waals surface area contributed by atoms with Gasteiger partial charge in [0, 0.05) is 41.5 Å². The minimum absolute atomic E-state index is 0.0624. The first-order valence-electron chi connectivity index (χ1n) is 13.9. The molecule has 2 saturated heterocycles. The van der Waals surface area contributed by atoms with Crippen LogP contribution in [0.4, 0.5) is 5.69 Å². The van der Waals surface area contributed by atoms with Crippen LogP contribution in [0.5, 0.6) is 5.75 Å². The Hall–Kier alpha value is -3.82. The molecule has 3 aromatic carbocycles. The van der Waals surface area contributed by atoms with E-state index in [1.807, 2.05) is 49.5 Å². The van der Waals surface area contributed by atoms with Crippen LogP contribution in [0.15, 0.2) is 60.8 Å². The third kappa shape index (κ3) is 3.83.